The molecule has 2 aliphatic rings. The van der Waals surface area contributed by atoms with Crippen molar-refractivity contribution in [2.45, 2.75) is 50.4 Å². The molecule has 3 heteroatoms. The third-order valence-electron chi connectivity index (χ3n) is 3.82. The predicted molar refractivity (Wildman–Crippen MR) is 76.6 cm³/mol. The van der Waals surface area contributed by atoms with Crippen molar-refractivity contribution in [3.63, 3.8) is 0 Å². The molecule has 1 atom stereocenters. The van der Waals surface area contributed by atoms with Crippen molar-refractivity contribution < 1.29 is 4.74 Å². The molecule has 0 aliphatic heterocycles. The number of rotatable bonds is 6. The van der Waals surface area contributed by atoms with Crippen molar-refractivity contribution in [1.29, 1.82) is 0 Å². The van der Waals surface area contributed by atoms with Gasteiger partial charge in [-0.25, -0.2) is 0 Å². The average molecular weight is 310 g/mol. The van der Waals surface area contributed by atoms with Crippen molar-refractivity contribution in [3.05, 3.63) is 34.3 Å². The minimum absolute atomic E-state index is 0.212. The van der Waals surface area contributed by atoms with Gasteiger partial charge in [-0.05, 0) is 49.8 Å². The van der Waals surface area contributed by atoms with Gasteiger partial charge >= 0.3 is 0 Å². The van der Waals surface area contributed by atoms with E-state index in [1.807, 2.05) is 0 Å². The first-order valence-electron chi connectivity index (χ1n) is 6.95. The summed E-state index contributed by atoms with van der Waals surface area (Å²) in [4.78, 5) is 0. The molecule has 2 aliphatic carbocycles. The Kier molecular flexibility index (Phi) is 4.02. The maximum Gasteiger partial charge on any atom is 0.0953 e. The second kappa shape index (κ2) is 5.72. The van der Waals surface area contributed by atoms with Gasteiger partial charge < -0.3 is 10.1 Å². The van der Waals surface area contributed by atoms with Gasteiger partial charge in [0.15, 0.2) is 0 Å². The molecule has 0 spiro atoms. The lowest BCUT2D eigenvalue weighted by molar-refractivity contribution is -0.0521. The highest BCUT2D eigenvalue weighted by molar-refractivity contribution is 9.10. The van der Waals surface area contributed by atoms with E-state index in [-0.39, 0.29) is 6.10 Å². The highest BCUT2D eigenvalue weighted by Crippen LogP contribution is 2.30. The van der Waals surface area contributed by atoms with Crippen LogP contribution < -0.4 is 5.32 Å². The number of benzene rings is 1. The fourth-order valence-electron chi connectivity index (χ4n) is 2.22. The normalized spacial score (nSPS) is 21.6. The summed E-state index contributed by atoms with van der Waals surface area (Å²) in [5.41, 5.74) is 1.29. The van der Waals surface area contributed by atoms with Crippen molar-refractivity contribution in [1.82, 2.24) is 5.32 Å². The zero-order chi connectivity index (χ0) is 12.4. The maximum absolute atomic E-state index is 6.21. The molecule has 2 nitrogen and oxygen atoms in total. The van der Waals surface area contributed by atoms with E-state index < -0.39 is 0 Å². The Morgan fingerprint density at radius 2 is 1.89 bits per heavy atom. The average Bonchev–Trinajstić information content (AvgIpc) is 3.12. The van der Waals surface area contributed by atoms with E-state index in [1.54, 1.807) is 0 Å². The largest absolute Gasteiger partial charge is 0.369 e. The summed E-state index contributed by atoms with van der Waals surface area (Å²) in [7, 11) is 0. The van der Waals surface area contributed by atoms with Gasteiger partial charge in [0.05, 0.1) is 12.2 Å². The lowest BCUT2D eigenvalue weighted by Gasteiger charge is -2.31. The van der Waals surface area contributed by atoms with Gasteiger partial charge in [-0.3, -0.25) is 0 Å². The van der Waals surface area contributed by atoms with E-state index >= 15 is 0 Å². The summed E-state index contributed by atoms with van der Waals surface area (Å²) in [6, 6.07) is 9.28. The van der Waals surface area contributed by atoms with Crippen LogP contribution in [0, 0.1) is 0 Å². The van der Waals surface area contributed by atoms with Crippen LogP contribution in [0.15, 0.2) is 28.7 Å². The first kappa shape index (κ1) is 12.6. The quantitative estimate of drug-likeness (QED) is 0.862. The van der Waals surface area contributed by atoms with Gasteiger partial charge in [0, 0.05) is 17.1 Å². The first-order valence-corrected chi connectivity index (χ1v) is 7.75. The number of hydrogen-bond donors (Lipinski definition) is 1. The van der Waals surface area contributed by atoms with Crippen molar-refractivity contribution in [2.75, 3.05) is 6.54 Å². The molecule has 0 aromatic heterocycles. The summed E-state index contributed by atoms with van der Waals surface area (Å²) < 4.78 is 7.34. The van der Waals surface area contributed by atoms with E-state index in [4.69, 9.17) is 4.74 Å². The van der Waals surface area contributed by atoms with Crippen LogP contribution in [0.5, 0.6) is 0 Å². The zero-order valence-corrected chi connectivity index (χ0v) is 12.2. The highest BCUT2D eigenvalue weighted by atomic mass is 79.9. The SMILES string of the molecule is Brc1ccc(C(CNC2CC2)OC2CCC2)cc1. The summed E-state index contributed by atoms with van der Waals surface area (Å²) in [5, 5.41) is 3.59. The topological polar surface area (TPSA) is 21.3 Å². The van der Waals surface area contributed by atoms with E-state index in [0.29, 0.717) is 6.10 Å². The Labute approximate surface area is 117 Å². The van der Waals surface area contributed by atoms with Gasteiger partial charge in [0.1, 0.15) is 0 Å². The lowest BCUT2D eigenvalue weighted by atomic mass is 9.95. The second-order valence-corrected chi connectivity index (χ2v) is 6.33. The van der Waals surface area contributed by atoms with Gasteiger partial charge in [-0.2, -0.15) is 0 Å². The van der Waals surface area contributed by atoms with Gasteiger partial charge in [0.2, 0.25) is 0 Å². The number of halogens is 1. The van der Waals surface area contributed by atoms with Gasteiger partial charge in [-0.1, -0.05) is 28.1 Å². The molecule has 0 saturated heterocycles. The molecular formula is C15H20BrNO. The molecule has 1 aromatic carbocycles. The van der Waals surface area contributed by atoms with Crippen LogP contribution in [0.25, 0.3) is 0 Å². The maximum atomic E-state index is 6.21. The molecule has 0 radical (unpaired) electrons. The van der Waals surface area contributed by atoms with Crippen molar-refractivity contribution in [3.8, 4) is 0 Å². The van der Waals surface area contributed by atoms with Crippen LogP contribution in [0.3, 0.4) is 0 Å². The van der Waals surface area contributed by atoms with E-state index in [1.165, 1.54) is 37.7 Å². The molecule has 1 N–H and O–H groups in total. The molecule has 0 heterocycles. The van der Waals surface area contributed by atoms with E-state index in [9.17, 15) is 0 Å². The standard InChI is InChI=1S/C15H20BrNO/c16-12-6-4-11(5-7-12)15(10-17-13-8-9-13)18-14-2-1-3-14/h4-7,13-15,17H,1-3,8-10H2. The third kappa shape index (κ3) is 3.34. The lowest BCUT2D eigenvalue weighted by Crippen LogP contribution is -2.31. The molecule has 98 valence electrons. The fraction of sp³-hybridized carbons (Fsp3) is 0.600. The molecule has 0 bridgehead atoms. The summed E-state index contributed by atoms with van der Waals surface area (Å²) in [5.74, 6) is 0. The first-order chi connectivity index (χ1) is 8.81. The highest BCUT2D eigenvalue weighted by Gasteiger charge is 2.26. The van der Waals surface area contributed by atoms with Crippen LogP contribution in [0.2, 0.25) is 0 Å². The number of nitrogens with one attached hydrogen (secondary N) is 1. The molecule has 1 aromatic rings. The fourth-order valence-corrected chi connectivity index (χ4v) is 2.49. The van der Waals surface area contributed by atoms with Gasteiger partial charge in [0.25, 0.3) is 0 Å². The minimum atomic E-state index is 0.212. The summed E-state index contributed by atoms with van der Waals surface area (Å²) >= 11 is 3.49. The Bertz CT molecular complexity index is 384. The predicted octanol–water partition coefficient (Wildman–Crippen LogP) is 3.81. The molecule has 2 fully saturated rings. The van der Waals surface area contributed by atoms with Crippen LogP contribution in [-0.4, -0.2) is 18.7 Å². The van der Waals surface area contributed by atoms with Crippen molar-refractivity contribution in [2.24, 2.45) is 0 Å². The van der Waals surface area contributed by atoms with E-state index in [0.717, 1.165) is 17.1 Å². The van der Waals surface area contributed by atoms with E-state index in [2.05, 4.69) is 45.5 Å². The molecule has 3 rings (SSSR count). The molecule has 1 unspecified atom stereocenters. The molecule has 0 amide bonds. The van der Waals surface area contributed by atoms with Crippen LogP contribution in [-0.2, 0) is 4.74 Å². The van der Waals surface area contributed by atoms with Gasteiger partial charge in [-0.15, -0.1) is 0 Å². The number of ether oxygens (including phenoxy) is 1. The molecule has 18 heavy (non-hydrogen) atoms. The van der Waals surface area contributed by atoms with Crippen LogP contribution in [0.4, 0.5) is 0 Å². The molecule has 2 saturated carbocycles. The van der Waals surface area contributed by atoms with Crippen LogP contribution >= 0.6 is 15.9 Å². The Morgan fingerprint density at radius 3 is 2.44 bits per heavy atom. The smallest absolute Gasteiger partial charge is 0.0953 e. The zero-order valence-electron chi connectivity index (χ0n) is 10.6. The Hall–Kier alpha value is -0.380. The molecular weight excluding hydrogens is 290 g/mol. The summed E-state index contributed by atoms with van der Waals surface area (Å²) in [6.45, 7) is 0.947. The van der Waals surface area contributed by atoms with Crippen LogP contribution in [0.1, 0.15) is 43.8 Å². The number of hydrogen-bond acceptors (Lipinski definition) is 2. The summed E-state index contributed by atoms with van der Waals surface area (Å²) in [6.07, 6.45) is 7.15. The second-order valence-electron chi connectivity index (χ2n) is 5.41. The van der Waals surface area contributed by atoms with Crippen molar-refractivity contribution >= 4 is 15.9 Å². The third-order valence-corrected chi connectivity index (χ3v) is 4.35. The Balaban J connectivity index is 1.63. The minimum Gasteiger partial charge on any atom is -0.369 e. The monoisotopic (exact) mass is 309 g/mol. The Morgan fingerprint density at radius 1 is 1.17 bits per heavy atom.